The molecule has 3 heteroatoms. The molecule has 148 valence electrons. The van der Waals surface area contributed by atoms with Crippen molar-refractivity contribution in [3.05, 3.63) is 121 Å². The van der Waals surface area contributed by atoms with Gasteiger partial charge < -0.3 is 4.74 Å². The van der Waals surface area contributed by atoms with Crippen LogP contribution < -0.4 is 20.7 Å². The molecule has 0 heterocycles. The third-order valence-corrected chi connectivity index (χ3v) is 9.71. The number of hydrogen-bond acceptors (Lipinski definition) is 2. The number of carbonyl (C=O) groups is 1. The van der Waals surface area contributed by atoms with E-state index in [9.17, 15) is 4.79 Å². The van der Waals surface area contributed by atoms with Crippen molar-refractivity contribution in [3.63, 3.8) is 0 Å². The molecule has 4 aromatic rings. The SMILES string of the molecule is O=Cc1ccccc1OCC[P+](c1ccccc1)(c1ccccc1)c1ccccc1. The van der Waals surface area contributed by atoms with E-state index in [4.69, 9.17) is 4.74 Å². The summed E-state index contributed by atoms with van der Waals surface area (Å²) in [7, 11) is -1.93. The molecule has 4 rings (SSSR count). The van der Waals surface area contributed by atoms with Gasteiger partial charge in [0.25, 0.3) is 0 Å². The van der Waals surface area contributed by atoms with Crippen LogP contribution >= 0.6 is 7.26 Å². The molecule has 0 saturated heterocycles. The van der Waals surface area contributed by atoms with Gasteiger partial charge in [-0.05, 0) is 48.5 Å². The van der Waals surface area contributed by atoms with Gasteiger partial charge in [0, 0.05) is 0 Å². The summed E-state index contributed by atoms with van der Waals surface area (Å²) in [5, 5.41) is 3.99. The van der Waals surface area contributed by atoms with Crippen molar-refractivity contribution in [2.45, 2.75) is 0 Å². The monoisotopic (exact) mass is 411 g/mol. The van der Waals surface area contributed by atoms with Crippen LogP contribution in [-0.4, -0.2) is 19.1 Å². The van der Waals surface area contributed by atoms with Gasteiger partial charge in [0.05, 0.1) is 5.56 Å². The minimum atomic E-state index is -1.93. The van der Waals surface area contributed by atoms with Crippen LogP contribution in [0.2, 0.25) is 0 Å². The highest BCUT2D eigenvalue weighted by Crippen LogP contribution is 2.54. The van der Waals surface area contributed by atoms with Gasteiger partial charge in [-0.1, -0.05) is 66.7 Å². The molecule has 0 atom stereocenters. The zero-order chi connectivity index (χ0) is 20.7. The Balaban J connectivity index is 1.78. The smallest absolute Gasteiger partial charge is 0.153 e. The van der Waals surface area contributed by atoms with Crippen molar-refractivity contribution in [2.75, 3.05) is 12.8 Å². The van der Waals surface area contributed by atoms with Gasteiger partial charge in [-0.25, -0.2) is 0 Å². The van der Waals surface area contributed by atoms with Gasteiger partial charge >= 0.3 is 0 Å². The summed E-state index contributed by atoms with van der Waals surface area (Å²) in [6.45, 7) is 0.525. The van der Waals surface area contributed by atoms with Gasteiger partial charge in [-0.15, -0.1) is 0 Å². The molecule has 2 nitrogen and oxygen atoms in total. The molecule has 0 spiro atoms. The van der Waals surface area contributed by atoms with E-state index in [2.05, 4.69) is 91.0 Å². The first-order chi connectivity index (χ1) is 14.8. The molecule has 0 aromatic heterocycles. The van der Waals surface area contributed by atoms with Crippen molar-refractivity contribution in [1.29, 1.82) is 0 Å². The Hall–Kier alpha value is -3.22. The first-order valence-electron chi connectivity index (χ1n) is 10.1. The van der Waals surface area contributed by atoms with Crippen LogP contribution in [0.25, 0.3) is 0 Å². The predicted molar refractivity (Wildman–Crippen MR) is 127 cm³/mol. The summed E-state index contributed by atoms with van der Waals surface area (Å²) in [4.78, 5) is 11.4. The second kappa shape index (κ2) is 9.52. The molecule has 0 unspecified atom stereocenters. The maximum Gasteiger partial charge on any atom is 0.153 e. The predicted octanol–water partition coefficient (Wildman–Crippen LogP) is 4.87. The van der Waals surface area contributed by atoms with Crippen LogP contribution in [0, 0.1) is 0 Å². The van der Waals surface area contributed by atoms with Crippen molar-refractivity contribution in [1.82, 2.24) is 0 Å². The fraction of sp³-hybridized carbons (Fsp3) is 0.0741. The number of benzene rings is 4. The van der Waals surface area contributed by atoms with E-state index in [1.54, 1.807) is 6.07 Å². The van der Waals surface area contributed by atoms with Crippen LogP contribution in [0.1, 0.15) is 10.4 Å². The number of hydrogen-bond donors (Lipinski definition) is 0. The molecular weight excluding hydrogens is 387 g/mol. The molecule has 30 heavy (non-hydrogen) atoms. The van der Waals surface area contributed by atoms with Gasteiger partial charge in [0.2, 0.25) is 0 Å². The molecule has 4 aromatic carbocycles. The van der Waals surface area contributed by atoms with E-state index >= 15 is 0 Å². The Kier molecular flexibility index (Phi) is 6.37. The highest BCUT2D eigenvalue weighted by atomic mass is 31.2. The number of aldehydes is 1. The molecule has 0 radical (unpaired) electrons. The van der Waals surface area contributed by atoms with E-state index in [0.717, 1.165) is 12.4 Å². The second-order valence-corrected chi connectivity index (χ2v) is 10.7. The van der Waals surface area contributed by atoms with Crippen molar-refractivity contribution in [3.8, 4) is 5.75 Å². The first-order valence-corrected chi connectivity index (χ1v) is 12.0. The molecule has 0 aliphatic heterocycles. The van der Waals surface area contributed by atoms with E-state index in [-0.39, 0.29) is 0 Å². The topological polar surface area (TPSA) is 26.3 Å². The Bertz CT molecular complexity index is 983. The zero-order valence-corrected chi connectivity index (χ0v) is 17.6. The maximum atomic E-state index is 11.4. The van der Waals surface area contributed by atoms with E-state index in [1.807, 2.05) is 18.2 Å². The average Bonchev–Trinajstić information content (AvgIpc) is 2.84. The molecule has 0 aliphatic rings. The second-order valence-electron chi connectivity index (χ2n) is 7.04. The van der Waals surface area contributed by atoms with Crippen LogP contribution in [0.5, 0.6) is 5.75 Å². The molecule has 0 fully saturated rings. The third kappa shape index (κ3) is 4.06. The highest BCUT2D eigenvalue weighted by Gasteiger charge is 2.45. The van der Waals surface area contributed by atoms with Crippen LogP contribution in [0.3, 0.4) is 0 Å². The first kappa shape index (κ1) is 20.1. The summed E-state index contributed by atoms with van der Waals surface area (Å²) in [5.41, 5.74) is 0.584. The highest BCUT2D eigenvalue weighted by molar-refractivity contribution is 7.95. The summed E-state index contributed by atoms with van der Waals surface area (Å²) in [6.07, 6.45) is 1.70. The number of para-hydroxylation sites is 1. The summed E-state index contributed by atoms with van der Waals surface area (Å²) < 4.78 is 6.14. The van der Waals surface area contributed by atoms with E-state index in [1.165, 1.54) is 15.9 Å². The number of ether oxygens (including phenoxy) is 1. The fourth-order valence-corrected chi connectivity index (χ4v) is 7.96. The van der Waals surface area contributed by atoms with Gasteiger partial charge in [-0.2, -0.15) is 0 Å². The molecular formula is C27H24O2P+. The standard InChI is InChI=1S/C27H24O2P/c28-22-23-12-10-11-19-27(23)29-20-21-30(24-13-4-1-5-14-24,25-15-6-2-7-16-25)26-17-8-3-9-18-26/h1-19,22H,20-21H2/q+1. The minimum absolute atomic E-state index is 0.525. The Morgan fingerprint density at radius 2 is 1.03 bits per heavy atom. The molecule has 0 amide bonds. The van der Waals surface area contributed by atoms with Crippen LogP contribution in [0.4, 0.5) is 0 Å². The lowest BCUT2D eigenvalue weighted by Crippen LogP contribution is -2.35. The third-order valence-electron chi connectivity index (χ3n) is 5.32. The summed E-state index contributed by atoms with van der Waals surface area (Å²) >= 11 is 0. The van der Waals surface area contributed by atoms with Crippen LogP contribution in [-0.2, 0) is 0 Å². The molecule has 0 saturated carbocycles. The number of rotatable bonds is 8. The zero-order valence-electron chi connectivity index (χ0n) is 16.7. The van der Waals surface area contributed by atoms with Crippen molar-refractivity contribution >= 4 is 29.5 Å². The quantitative estimate of drug-likeness (QED) is 0.305. The normalized spacial score (nSPS) is 11.1. The summed E-state index contributed by atoms with van der Waals surface area (Å²) in [5.74, 6) is 0.639. The average molecular weight is 411 g/mol. The number of carbonyl (C=O) groups excluding carboxylic acids is 1. The molecule has 0 aliphatic carbocycles. The van der Waals surface area contributed by atoms with E-state index < -0.39 is 7.26 Å². The Morgan fingerprint density at radius 1 is 0.600 bits per heavy atom. The maximum absolute atomic E-state index is 11.4. The lowest BCUT2D eigenvalue weighted by Gasteiger charge is -2.27. The van der Waals surface area contributed by atoms with Crippen molar-refractivity contribution < 1.29 is 9.53 Å². The Labute approximate surface area is 178 Å². The minimum Gasteiger partial charge on any atom is -0.489 e. The molecule has 0 N–H and O–H groups in total. The largest absolute Gasteiger partial charge is 0.489 e. The fourth-order valence-electron chi connectivity index (χ4n) is 3.88. The Morgan fingerprint density at radius 3 is 1.50 bits per heavy atom. The van der Waals surface area contributed by atoms with Gasteiger partial charge in [0.15, 0.2) is 6.29 Å². The lowest BCUT2D eigenvalue weighted by molar-refractivity contribution is 0.112. The van der Waals surface area contributed by atoms with Gasteiger partial charge in [-0.3, -0.25) is 4.79 Å². The molecule has 0 bridgehead atoms. The van der Waals surface area contributed by atoms with E-state index in [0.29, 0.717) is 17.9 Å². The summed E-state index contributed by atoms with van der Waals surface area (Å²) in [6, 6.07) is 39.6. The van der Waals surface area contributed by atoms with Gasteiger partial charge in [0.1, 0.15) is 41.7 Å². The lowest BCUT2D eigenvalue weighted by atomic mass is 10.2. The van der Waals surface area contributed by atoms with Crippen molar-refractivity contribution in [2.24, 2.45) is 0 Å². The van der Waals surface area contributed by atoms with Crippen LogP contribution in [0.15, 0.2) is 115 Å².